The second-order valence-electron chi connectivity index (χ2n) is 8.58. The Morgan fingerprint density at radius 2 is 1.77 bits per heavy atom. The van der Waals surface area contributed by atoms with Gasteiger partial charge in [0.1, 0.15) is 0 Å². The van der Waals surface area contributed by atoms with Crippen LogP contribution in [0.2, 0.25) is 0 Å². The fourth-order valence-electron chi connectivity index (χ4n) is 4.56. The van der Waals surface area contributed by atoms with Gasteiger partial charge in [0, 0.05) is 39.1 Å². The lowest BCUT2D eigenvalue weighted by Gasteiger charge is -2.34. The van der Waals surface area contributed by atoms with E-state index < -0.39 is 6.10 Å². The van der Waals surface area contributed by atoms with Crippen molar-refractivity contribution in [3.05, 3.63) is 71.3 Å². The van der Waals surface area contributed by atoms with Crippen LogP contribution in [0.3, 0.4) is 0 Å². The largest absolute Gasteiger partial charge is 0.388 e. The molecule has 2 fully saturated rings. The predicted molar refractivity (Wildman–Crippen MR) is 119 cm³/mol. The molecule has 1 atom stereocenters. The smallest absolute Gasteiger partial charge is 0.317 e. The third-order valence-electron chi connectivity index (χ3n) is 6.39. The van der Waals surface area contributed by atoms with Gasteiger partial charge in [-0.15, -0.1) is 0 Å². The van der Waals surface area contributed by atoms with Crippen molar-refractivity contribution in [1.29, 1.82) is 0 Å². The van der Waals surface area contributed by atoms with Gasteiger partial charge in [-0.2, -0.15) is 0 Å². The number of aliphatic hydroxyl groups excluding tert-OH is 1. The molecule has 0 bridgehead atoms. The zero-order valence-electron chi connectivity index (χ0n) is 17.9. The van der Waals surface area contributed by atoms with Crippen molar-refractivity contribution in [3.8, 4) is 0 Å². The van der Waals surface area contributed by atoms with E-state index in [0.29, 0.717) is 32.6 Å². The van der Waals surface area contributed by atoms with Crippen LogP contribution in [-0.4, -0.2) is 46.5 Å². The number of carbonyl (C=O) groups excluding carboxylic acids is 2. The summed E-state index contributed by atoms with van der Waals surface area (Å²) in [5, 5.41) is 13.6. The zero-order chi connectivity index (χ0) is 21.6. The van der Waals surface area contributed by atoms with Gasteiger partial charge in [-0.25, -0.2) is 4.79 Å². The SMILES string of the molecule is O=C1CCCN1Cc1cccc(CNC(=O)N2CCC(C(O)c3ccccc3)CC2)c1. The highest BCUT2D eigenvalue weighted by molar-refractivity contribution is 5.78. The Bertz CT molecular complexity index is 894. The summed E-state index contributed by atoms with van der Waals surface area (Å²) >= 11 is 0. The summed E-state index contributed by atoms with van der Waals surface area (Å²) in [6.07, 6.45) is 2.70. The van der Waals surface area contributed by atoms with E-state index in [1.807, 2.05) is 58.3 Å². The highest BCUT2D eigenvalue weighted by Gasteiger charge is 2.28. The summed E-state index contributed by atoms with van der Waals surface area (Å²) in [5.74, 6) is 0.399. The molecule has 2 aromatic rings. The summed E-state index contributed by atoms with van der Waals surface area (Å²) in [6, 6.07) is 17.8. The average molecular weight is 422 g/mol. The van der Waals surface area contributed by atoms with Crippen LogP contribution in [0.25, 0.3) is 0 Å². The first-order chi connectivity index (χ1) is 15.1. The number of hydrogen-bond donors (Lipinski definition) is 2. The number of amides is 3. The minimum absolute atomic E-state index is 0.0622. The summed E-state index contributed by atoms with van der Waals surface area (Å²) in [5.41, 5.74) is 3.07. The Labute approximate surface area is 183 Å². The molecule has 6 heteroatoms. The number of piperidine rings is 1. The maximum atomic E-state index is 12.6. The standard InChI is InChI=1S/C25H31N3O3/c29-23-10-5-13-28(23)18-20-7-4-6-19(16-20)17-26-25(31)27-14-11-22(12-15-27)24(30)21-8-2-1-3-9-21/h1-4,6-9,16,22,24,30H,5,10-15,17-18H2,(H,26,31). The van der Waals surface area contributed by atoms with Gasteiger partial charge in [0.2, 0.25) is 5.91 Å². The van der Waals surface area contributed by atoms with Crippen LogP contribution < -0.4 is 5.32 Å². The van der Waals surface area contributed by atoms with Gasteiger partial charge < -0.3 is 20.2 Å². The van der Waals surface area contributed by atoms with Crippen LogP contribution in [-0.2, 0) is 17.9 Å². The number of aliphatic hydroxyl groups is 1. The molecule has 2 aliphatic heterocycles. The first-order valence-corrected chi connectivity index (χ1v) is 11.2. The number of hydrogen-bond acceptors (Lipinski definition) is 3. The Balaban J connectivity index is 1.24. The number of carbonyl (C=O) groups is 2. The van der Waals surface area contributed by atoms with Crippen LogP contribution in [0.1, 0.15) is 48.5 Å². The van der Waals surface area contributed by atoms with Gasteiger partial charge in [-0.05, 0) is 41.9 Å². The molecule has 0 aromatic heterocycles. The lowest BCUT2D eigenvalue weighted by molar-refractivity contribution is -0.128. The molecular weight excluding hydrogens is 390 g/mol. The van der Waals surface area contributed by atoms with E-state index in [1.54, 1.807) is 0 Å². The van der Waals surface area contributed by atoms with E-state index in [2.05, 4.69) is 11.4 Å². The van der Waals surface area contributed by atoms with E-state index in [1.165, 1.54) is 0 Å². The molecule has 6 nitrogen and oxygen atoms in total. The van der Waals surface area contributed by atoms with Gasteiger partial charge >= 0.3 is 6.03 Å². The molecule has 0 saturated carbocycles. The number of benzene rings is 2. The molecule has 2 saturated heterocycles. The lowest BCUT2D eigenvalue weighted by Crippen LogP contribution is -2.44. The number of nitrogens with zero attached hydrogens (tertiary/aromatic N) is 2. The molecule has 2 N–H and O–H groups in total. The summed E-state index contributed by atoms with van der Waals surface area (Å²) in [6.45, 7) is 3.23. The first-order valence-electron chi connectivity index (χ1n) is 11.2. The number of nitrogens with one attached hydrogen (secondary N) is 1. The van der Waals surface area contributed by atoms with Crippen LogP contribution >= 0.6 is 0 Å². The third-order valence-corrected chi connectivity index (χ3v) is 6.39. The fourth-order valence-corrected chi connectivity index (χ4v) is 4.56. The monoisotopic (exact) mass is 421 g/mol. The van der Waals surface area contributed by atoms with Crippen LogP contribution in [0.4, 0.5) is 4.79 Å². The Hall–Kier alpha value is -2.86. The minimum Gasteiger partial charge on any atom is -0.388 e. The van der Waals surface area contributed by atoms with Crippen LogP contribution in [0, 0.1) is 5.92 Å². The summed E-state index contributed by atoms with van der Waals surface area (Å²) in [7, 11) is 0. The molecule has 3 amide bonds. The zero-order valence-corrected chi connectivity index (χ0v) is 17.9. The molecule has 0 radical (unpaired) electrons. The van der Waals surface area contributed by atoms with Gasteiger partial charge in [0.15, 0.2) is 0 Å². The molecular formula is C25H31N3O3. The molecule has 31 heavy (non-hydrogen) atoms. The van der Waals surface area contributed by atoms with Crippen molar-refractivity contribution >= 4 is 11.9 Å². The van der Waals surface area contributed by atoms with E-state index in [-0.39, 0.29) is 17.9 Å². The molecule has 4 rings (SSSR count). The van der Waals surface area contributed by atoms with Crippen molar-refractivity contribution in [1.82, 2.24) is 15.1 Å². The van der Waals surface area contributed by atoms with Gasteiger partial charge in [-0.1, -0.05) is 54.6 Å². The fraction of sp³-hybridized carbons (Fsp3) is 0.440. The van der Waals surface area contributed by atoms with Crippen molar-refractivity contribution < 1.29 is 14.7 Å². The number of urea groups is 1. The average Bonchev–Trinajstić information content (AvgIpc) is 3.22. The summed E-state index contributed by atoms with van der Waals surface area (Å²) < 4.78 is 0. The van der Waals surface area contributed by atoms with Crippen LogP contribution in [0.5, 0.6) is 0 Å². The van der Waals surface area contributed by atoms with E-state index in [4.69, 9.17) is 0 Å². The maximum Gasteiger partial charge on any atom is 0.317 e. The number of rotatable bonds is 6. The highest BCUT2D eigenvalue weighted by atomic mass is 16.3. The molecule has 164 valence electrons. The normalized spacial score (nSPS) is 18.3. The number of likely N-dealkylation sites (tertiary alicyclic amines) is 2. The van der Waals surface area contributed by atoms with Crippen molar-refractivity contribution in [2.24, 2.45) is 5.92 Å². The van der Waals surface area contributed by atoms with E-state index in [0.717, 1.165) is 42.5 Å². The van der Waals surface area contributed by atoms with Crippen LogP contribution in [0.15, 0.2) is 54.6 Å². The Morgan fingerprint density at radius 3 is 2.48 bits per heavy atom. The highest BCUT2D eigenvalue weighted by Crippen LogP contribution is 2.30. The Kier molecular flexibility index (Phi) is 6.87. The molecule has 0 spiro atoms. The van der Waals surface area contributed by atoms with Crippen molar-refractivity contribution in [2.75, 3.05) is 19.6 Å². The molecule has 1 unspecified atom stereocenters. The maximum absolute atomic E-state index is 12.6. The molecule has 0 aliphatic carbocycles. The quantitative estimate of drug-likeness (QED) is 0.750. The summed E-state index contributed by atoms with van der Waals surface area (Å²) in [4.78, 5) is 28.2. The van der Waals surface area contributed by atoms with E-state index in [9.17, 15) is 14.7 Å². The second-order valence-corrected chi connectivity index (χ2v) is 8.58. The van der Waals surface area contributed by atoms with Gasteiger partial charge in [-0.3, -0.25) is 4.79 Å². The topological polar surface area (TPSA) is 72.9 Å². The van der Waals surface area contributed by atoms with Gasteiger partial charge in [0.05, 0.1) is 6.10 Å². The second kappa shape index (κ2) is 9.96. The Morgan fingerprint density at radius 1 is 1.03 bits per heavy atom. The van der Waals surface area contributed by atoms with Crippen molar-refractivity contribution in [3.63, 3.8) is 0 Å². The van der Waals surface area contributed by atoms with Crippen molar-refractivity contribution in [2.45, 2.75) is 44.9 Å². The lowest BCUT2D eigenvalue weighted by atomic mass is 9.87. The van der Waals surface area contributed by atoms with Gasteiger partial charge in [0.25, 0.3) is 0 Å². The minimum atomic E-state index is -0.475. The molecule has 2 aromatic carbocycles. The van der Waals surface area contributed by atoms with E-state index >= 15 is 0 Å². The first kappa shape index (κ1) is 21.4. The molecule has 2 aliphatic rings. The molecule has 2 heterocycles. The third kappa shape index (κ3) is 5.44. The predicted octanol–water partition coefficient (Wildman–Crippen LogP) is 3.46.